The Morgan fingerprint density at radius 1 is 1.37 bits per heavy atom. The summed E-state index contributed by atoms with van der Waals surface area (Å²) in [5.41, 5.74) is 6.39. The Balaban J connectivity index is 2.45. The number of hydrogen-bond donors (Lipinski definition) is 2. The van der Waals surface area contributed by atoms with Crippen molar-refractivity contribution in [2.45, 2.75) is 6.92 Å². The van der Waals surface area contributed by atoms with Crippen LogP contribution in [0.4, 0.5) is 4.39 Å². The van der Waals surface area contributed by atoms with Crippen molar-refractivity contribution in [2.75, 3.05) is 0 Å². The topological polar surface area (TPSA) is 72.0 Å². The average molecular weight is 280 g/mol. The Hall–Kier alpha value is -2.14. The van der Waals surface area contributed by atoms with Gasteiger partial charge in [-0.15, -0.1) is 0 Å². The normalized spacial score (nSPS) is 10.3. The van der Waals surface area contributed by atoms with Gasteiger partial charge in [0.15, 0.2) is 11.6 Å². The van der Waals surface area contributed by atoms with Crippen molar-refractivity contribution in [3.8, 4) is 11.6 Å². The zero-order chi connectivity index (χ0) is 14.0. The van der Waals surface area contributed by atoms with E-state index < -0.39 is 5.82 Å². The van der Waals surface area contributed by atoms with E-state index in [1.165, 1.54) is 12.1 Å². The first-order chi connectivity index (χ1) is 8.99. The van der Waals surface area contributed by atoms with E-state index in [1.807, 2.05) is 0 Å². The molecule has 0 unspecified atom stereocenters. The fraction of sp³-hybridized carbons (Fsp3) is 0.0769. The number of nitrogens with zero attached hydrogens (tertiary/aromatic N) is 1. The van der Waals surface area contributed by atoms with Gasteiger partial charge < -0.3 is 10.5 Å². The zero-order valence-corrected chi connectivity index (χ0v) is 10.8. The molecule has 3 N–H and O–H groups in total. The van der Waals surface area contributed by atoms with E-state index in [2.05, 4.69) is 4.98 Å². The van der Waals surface area contributed by atoms with Crippen LogP contribution in [0.2, 0.25) is 5.02 Å². The molecule has 0 aliphatic heterocycles. The molecule has 0 fully saturated rings. The first-order valence-corrected chi connectivity index (χ1v) is 5.80. The first kappa shape index (κ1) is 13.3. The molecular weight excluding hydrogens is 269 g/mol. The summed E-state index contributed by atoms with van der Waals surface area (Å²) in [6, 6.07) is 7.69. The second-order valence-electron chi connectivity index (χ2n) is 3.87. The van der Waals surface area contributed by atoms with Gasteiger partial charge >= 0.3 is 0 Å². The lowest BCUT2D eigenvalue weighted by Gasteiger charge is -2.10. The number of nitrogen functional groups attached to an aromatic ring is 1. The Morgan fingerprint density at radius 2 is 2.11 bits per heavy atom. The van der Waals surface area contributed by atoms with E-state index >= 15 is 0 Å². The summed E-state index contributed by atoms with van der Waals surface area (Å²) < 4.78 is 19.1. The van der Waals surface area contributed by atoms with Crippen LogP contribution in [0.5, 0.6) is 11.6 Å². The molecule has 0 bridgehead atoms. The number of nitrogens with two attached hydrogens (primary N) is 1. The van der Waals surface area contributed by atoms with Crippen LogP contribution in [0, 0.1) is 18.2 Å². The molecule has 0 aliphatic rings. The number of aromatic nitrogens is 1. The van der Waals surface area contributed by atoms with Crippen molar-refractivity contribution < 1.29 is 9.13 Å². The number of benzene rings is 1. The average Bonchev–Trinajstić information content (AvgIpc) is 2.35. The minimum atomic E-state index is -0.679. The summed E-state index contributed by atoms with van der Waals surface area (Å²) in [6.45, 7) is 1.76. The van der Waals surface area contributed by atoms with E-state index in [0.29, 0.717) is 11.3 Å². The van der Waals surface area contributed by atoms with Gasteiger partial charge in [-0.05, 0) is 31.2 Å². The summed E-state index contributed by atoms with van der Waals surface area (Å²) >= 11 is 5.67. The Kier molecular flexibility index (Phi) is 3.66. The third-order valence-electron chi connectivity index (χ3n) is 2.41. The molecule has 1 aromatic heterocycles. The van der Waals surface area contributed by atoms with E-state index in [1.54, 1.807) is 25.1 Å². The van der Waals surface area contributed by atoms with Crippen LogP contribution in [0.1, 0.15) is 11.3 Å². The van der Waals surface area contributed by atoms with Gasteiger partial charge in [0.25, 0.3) is 0 Å². The SMILES string of the molecule is Cc1ccc(C(=N)N)c(Oc2cccc(Cl)c2F)n1. The highest BCUT2D eigenvalue weighted by Crippen LogP contribution is 2.29. The number of aryl methyl sites for hydroxylation is 1. The molecule has 1 heterocycles. The maximum Gasteiger partial charge on any atom is 0.230 e. The molecule has 2 rings (SSSR count). The lowest BCUT2D eigenvalue weighted by Crippen LogP contribution is -2.13. The molecule has 2 aromatic rings. The van der Waals surface area contributed by atoms with Crippen molar-refractivity contribution in [3.63, 3.8) is 0 Å². The van der Waals surface area contributed by atoms with E-state index in [4.69, 9.17) is 27.5 Å². The quantitative estimate of drug-likeness (QED) is 0.669. The van der Waals surface area contributed by atoms with Crippen LogP contribution in [0.15, 0.2) is 30.3 Å². The second kappa shape index (κ2) is 5.24. The van der Waals surface area contributed by atoms with Gasteiger partial charge in [0.05, 0.1) is 10.6 Å². The fourth-order valence-corrected chi connectivity index (χ4v) is 1.65. The molecule has 0 atom stereocenters. The highest BCUT2D eigenvalue weighted by Gasteiger charge is 2.14. The van der Waals surface area contributed by atoms with Crippen LogP contribution in [-0.4, -0.2) is 10.8 Å². The fourth-order valence-electron chi connectivity index (χ4n) is 1.48. The van der Waals surface area contributed by atoms with Gasteiger partial charge in [-0.3, -0.25) is 5.41 Å². The highest BCUT2D eigenvalue weighted by atomic mass is 35.5. The zero-order valence-electron chi connectivity index (χ0n) is 10.1. The van der Waals surface area contributed by atoms with Crippen LogP contribution in [-0.2, 0) is 0 Å². The maximum atomic E-state index is 13.8. The number of halogens is 2. The highest BCUT2D eigenvalue weighted by molar-refractivity contribution is 6.30. The Bertz CT molecular complexity index is 646. The van der Waals surface area contributed by atoms with E-state index in [9.17, 15) is 4.39 Å². The standard InChI is InChI=1S/C13H11ClFN3O/c1-7-5-6-8(12(16)17)13(18-7)19-10-4-2-3-9(14)11(10)15/h2-6H,1H3,(H3,16,17). The summed E-state index contributed by atoms with van der Waals surface area (Å²) in [4.78, 5) is 4.11. The Morgan fingerprint density at radius 3 is 2.79 bits per heavy atom. The van der Waals surface area contributed by atoms with E-state index in [0.717, 1.165) is 0 Å². The summed E-state index contributed by atoms with van der Waals surface area (Å²) in [5, 5.41) is 7.40. The number of amidine groups is 1. The second-order valence-corrected chi connectivity index (χ2v) is 4.28. The van der Waals surface area contributed by atoms with Gasteiger partial charge in [-0.25, -0.2) is 9.37 Å². The molecule has 0 spiro atoms. The molecule has 0 radical (unpaired) electrons. The molecule has 1 aromatic carbocycles. The minimum absolute atomic E-state index is 0.0467. The Labute approximate surface area is 114 Å². The van der Waals surface area contributed by atoms with Gasteiger partial charge in [-0.2, -0.15) is 0 Å². The third-order valence-corrected chi connectivity index (χ3v) is 2.70. The van der Waals surface area contributed by atoms with Crippen LogP contribution >= 0.6 is 11.6 Å². The smallest absolute Gasteiger partial charge is 0.230 e. The maximum absolute atomic E-state index is 13.8. The molecule has 0 saturated carbocycles. The van der Waals surface area contributed by atoms with Crippen molar-refractivity contribution in [2.24, 2.45) is 5.73 Å². The molecular formula is C13H11ClFN3O. The van der Waals surface area contributed by atoms with Gasteiger partial charge in [0.1, 0.15) is 5.84 Å². The molecule has 0 aliphatic carbocycles. The molecule has 0 amide bonds. The van der Waals surface area contributed by atoms with Crippen LogP contribution in [0.25, 0.3) is 0 Å². The first-order valence-electron chi connectivity index (χ1n) is 5.43. The monoisotopic (exact) mass is 279 g/mol. The molecule has 0 saturated heterocycles. The lowest BCUT2D eigenvalue weighted by molar-refractivity contribution is 0.426. The number of rotatable bonds is 3. The summed E-state index contributed by atoms with van der Waals surface area (Å²) in [6.07, 6.45) is 0. The molecule has 19 heavy (non-hydrogen) atoms. The number of ether oxygens (including phenoxy) is 1. The van der Waals surface area contributed by atoms with Crippen LogP contribution < -0.4 is 10.5 Å². The van der Waals surface area contributed by atoms with Crippen molar-refractivity contribution in [1.82, 2.24) is 4.98 Å². The summed E-state index contributed by atoms with van der Waals surface area (Å²) in [7, 11) is 0. The minimum Gasteiger partial charge on any atom is -0.435 e. The number of nitrogens with one attached hydrogen (secondary N) is 1. The predicted molar refractivity (Wildman–Crippen MR) is 71.5 cm³/mol. The van der Waals surface area contributed by atoms with Crippen LogP contribution in [0.3, 0.4) is 0 Å². The van der Waals surface area contributed by atoms with Gasteiger partial charge in [0.2, 0.25) is 5.88 Å². The van der Waals surface area contributed by atoms with Crippen molar-refractivity contribution >= 4 is 17.4 Å². The van der Waals surface area contributed by atoms with E-state index in [-0.39, 0.29) is 22.5 Å². The summed E-state index contributed by atoms with van der Waals surface area (Å²) in [5.74, 6) is -0.867. The number of pyridine rings is 1. The third kappa shape index (κ3) is 2.82. The molecule has 4 nitrogen and oxygen atoms in total. The molecule has 98 valence electrons. The van der Waals surface area contributed by atoms with Gasteiger partial charge in [0, 0.05) is 5.69 Å². The number of hydrogen-bond acceptors (Lipinski definition) is 3. The largest absolute Gasteiger partial charge is 0.435 e. The predicted octanol–water partition coefficient (Wildman–Crippen LogP) is 3.26. The van der Waals surface area contributed by atoms with Crippen molar-refractivity contribution in [3.05, 3.63) is 52.4 Å². The van der Waals surface area contributed by atoms with Gasteiger partial charge in [-0.1, -0.05) is 17.7 Å². The lowest BCUT2D eigenvalue weighted by atomic mass is 10.2. The molecule has 6 heteroatoms. The van der Waals surface area contributed by atoms with Crippen molar-refractivity contribution in [1.29, 1.82) is 5.41 Å².